The van der Waals surface area contributed by atoms with Crippen molar-refractivity contribution in [2.75, 3.05) is 38.2 Å². The molecule has 0 aliphatic carbocycles. The molecule has 1 N–H and O–H groups in total. The molecule has 1 aliphatic rings. The van der Waals surface area contributed by atoms with E-state index >= 15 is 0 Å². The Morgan fingerprint density at radius 3 is 2.54 bits per heavy atom. The molecule has 0 atom stereocenters. The molecule has 7 heteroatoms. The number of halogens is 3. The van der Waals surface area contributed by atoms with E-state index < -0.39 is 11.7 Å². The summed E-state index contributed by atoms with van der Waals surface area (Å²) in [6.07, 6.45) is -2.07. The van der Waals surface area contributed by atoms with Gasteiger partial charge in [0.15, 0.2) is 0 Å². The highest BCUT2D eigenvalue weighted by atomic mass is 19.4. The largest absolute Gasteiger partial charge is 0.417 e. The fourth-order valence-corrected chi connectivity index (χ4v) is 3.13. The van der Waals surface area contributed by atoms with E-state index in [9.17, 15) is 13.2 Å². The van der Waals surface area contributed by atoms with E-state index in [0.717, 1.165) is 31.9 Å². The second-order valence-electron chi connectivity index (χ2n) is 6.12. The Kier molecular flexibility index (Phi) is 6.08. The predicted molar refractivity (Wildman–Crippen MR) is 85.7 cm³/mol. The predicted octanol–water partition coefficient (Wildman–Crippen LogP) is 2.86. The van der Waals surface area contributed by atoms with E-state index in [0.29, 0.717) is 24.8 Å². The number of rotatable bonds is 5. The van der Waals surface area contributed by atoms with Crippen LogP contribution >= 0.6 is 0 Å². The Hall–Kier alpha value is -1.78. The topological polar surface area (TPSA) is 50.5 Å². The third kappa shape index (κ3) is 4.40. The Morgan fingerprint density at radius 1 is 1.33 bits per heavy atom. The first-order valence-electron chi connectivity index (χ1n) is 8.04. The van der Waals surface area contributed by atoms with Crippen molar-refractivity contribution in [2.45, 2.75) is 31.5 Å². The maximum absolute atomic E-state index is 13.1. The SMILES string of the molecule is CN(CCCO)C1CCN(c2ccc(C#N)c(C(F)(F)F)c2)CC1. The fraction of sp³-hybridized carbons (Fsp3) is 0.588. The van der Waals surface area contributed by atoms with Crippen LogP contribution in [0.1, 0.15) is 30.4 Å². The molecule has 1 aliphatic heterocycles. The van der Waals surface area contributed by atoms with Crippen LogP contribution in [-0.4, -0.2) is 49.3 Å². The van der Waals surface area contributed by atoms with Gasteiger partial charge in [0.25, 0.3) is 0 Å². The normalized spacial score (nSPS) is 16.5. The highest BCUT2D eigenvalue weighted by molar-refractivity contribution is 5.55. The molecule has 0 saturated carbocycles. The molecule has 4 nitrogen and oxygen atoms in total. The molecule has 0 aromatic heterocycles. The van der Waals surface area contributed by atoms with E-state index in [4.69, 9.17) is 10.4 Å². The Balaban J connectivity index is 2.06. The molecule has 0 bridgehead atoms. The number of hydrogen-bond donors (Lipinski definition) is 1. The van der Waals surface area contributed by atoms with Gasteiger partial charge in [-0.3, -0.25) is 0 Å². The van der Waals surface area contributed by atoms with Crippen LogP contribution in [0.4, 0.5) is 18.9 Å². The number of alkyl halides is 3. The Bertz CT molecular complexity index is 590. The first-order valence-corrected chi connectivity index (χ1v) is 8.04. The van der Waals surface area contributed by atoms with Gasteiger partial charge >= 0.3 is 6.18 Å². The zero-order valence-corrected chi connectivity index (χ0v) is 13.7. The molecule has 2 rings (SSSR count). The molecule has 0 radical (unpaired) electrons. The summed E-state index contributed by atoms with van der Waals surface area (Å²) in [5.74, 6) is 0. The number of benzene rings is 1. The van der Waals surface area contributed by atoms with E-state index in [1.54, 1.807) is 12.1 Å². The van der Waals surface area contributed by atoms with Gasteiger partial charge in [0.05, 0.1) is 17.2 Å². The van der Waals surface area contributed by atoms with Gasteiger partial charge < -0.3 is 14.9 Å². The molecule has 1 aromatic carbocycles. The molecular formula is C17H22F3N3O. The summed E-state index contributed by atoms with van der Waals surface area (Å²) < 4.78 is 39.2. The van der Waals surface area contributed by atoms with Gasteiger partial charge in [-0.1, -0.05) is 0 Å². The monoisotopic (exact) mass is 341 g/mol. The van der Waals surface area contributed by atoms with E-state index in [-0.39, 0.29) is 12.2 Å². The standard InChI is InChI=1S/C17H22F3N3O/c1-22(7-2-10-24)14-5-8-23(9-6-14)15-4-3-13(12-21)16(11-15)17(18,19)20/h3-4,11,14,24H,2,5-10H2,1H3. The number of hydrogen-bond acceptors (Lipinski definition) is 4. The Labute approximate surface area is 140 Å². The van der Waals surface area contributed by atoms with Crippen LogP contribution < -0.4 is 4.90 Å². The molecule has 1 fully saturated rings. The molecule has 0 amide bonds. The molecular weight excluding hydrogens is 319 g/mol. The number of nitriles is 1. The van der Waals surface area contributed by atoms with Crippen LogP contribution in [0.5, 0.6) is 0 Å². The number of piperidine rings is 1. The quantitative estimate of drug-likeness (QED) is 0.895. The summed E-state index contributed by atoms with van der Waals surface area (Å²) >= 11 is 0. The molecule has 132 valence electrons. The summed E-state index contributed by atoms with van der Waals surface area (Å²) in [6.45, 7) is 2.33. The minimum Gasteiger partial charge on any atom is -0.396 e. The van der Waals surface area contributed by atoms with Crippen LogP contribution in [0.15, 0.2) is 18.2 Å². The van der Waals surface area contributed by atoms with Gasteiger partial charge in [-0.2, -0.15) is 18.4 Å². The van der Waals surface area contributed by atoms with Crippen molar-refractivity contribution >= 4 is 5.69 Å². The average Bonchev–Trinajstić information content (AvgIpc) is 2.58. The van der Waals surface area contributed by atoms with Crippen LogP contribution in [-0.2, 0) is 6.18 Å². The fourth-order valence-electron chi connectivity index (χ4n) is 3.13. The Morgan fingerprint density at radius 2 is 2.00 bits per heavy atom. The van der Waals surface area contributed by atoms with Gasteiger partial charge in [0.2, 0.25) is 0 Å². The smallest absolute Gasteiger partial charge is 0.396 e. The van der Waals surface area contributed by atoms with Crippen LogP contribution in [0.25, 0.3) is 0 Å². The highest BCUT2D eigenvalue weighted by Gasteiger charge is 2.34. The van der Waals surface area contributed by atoms with E-state index in [2.05, 4.69) is 4.90 Å². The van der Waals surface area contributed by atoms with Gasteiger partial charge in [-0.25, -0.2) is 0 Å². The zero-order chi connectivity index (χ0) is 17.7. The number of anilines is 1. The van der Waals surface area contributed by atoms with Crippen molar-refractivity contribution in [1.29, 1.82) is 5.26 Å². The van der Waals surface area contributed by atoms with Crippen LogP contribution in [0.3, 0.4) is 0 Å². The maximum Gasteiger partial charge on any atom is 0.417 e. The second-order valence-corrected chi connectivity index (χ2v) is 6.12. The molecule has 0 unspecified atom stereocenters. The lowest BCUT2D eigenvalue weighted by Crippen LogP contribution is -2.43. The first-order chi connectivity index (χ1) is 11.4. The number of aliphatic hydroxyl groups excluding tert-OH is 1. The third-order valence-corrected chi connectivity index (χ3v) is 4.55. The van der Waals surface area contributed by atoms with Crippen molar-refractivity contribution < 1.29 is 18.3 Å². The third-order valence-electron chi connectivity index (χ3n) is 4.55. The van der Waals surface area contributed by atoms with Gasteiger partial charge in [0, 0.05) is 38.0 Å². The van der Waals surface area contributed by atoms with Crippen molar-refractivity contribution in [2.24, 2.45) is 0 Å². The summed E-state index contributed by atoms with van der Waals surface area (Å²) in [5.41, 5.74) is -0.702. The molecule has 1 heterocycles. The van der Waals surface area contributed by atoms with Crippen molar-refractivity contribution in [3.8, 4) is 6.07 Å². The van der Waals surface area contributed by atoms with Gasteiger partial charge in [-0.15, -0.1) is 0 Å². The minimum atomic E-state index is -4.52. The lowest BCUT2D eigenvalue weighted by Gasteiger charge is -2.38. The van der Waals surface area contributed by atoms with Crippen molar-refractivity contribution in [3.05, 3.63) is 29.3 Å². The van der Waals surface area contributed by atoms with E-state index in [1.807, 2.05) is 11.9 Å². The maximum atomic E-state index is 13.1. The summed E-state index contributed by atoms with van der Waals surface area (Å²) in [7, 11) is 2.01. The zero-order valence-electron chi connectivity index (χ0n) is 13.7. The first kappa shape index (κ1) is 18.6. The van der Waals surface area contributed by atoms with E-state index in [1.165, 1.54) is 6.07 Å². The number of nitrogens with zero attached hydrogens (tertiary/aromatic N) is 3. The summed E-state index contributed by atoms with van der Waals surface area (Å²) in [4.78, 5) is 4.14. The summed E-state index contributed by atoms with van der Waals surface area (Å²) in [6, 6.07) is 5.90. The number of aliphatic hydroxyl groups is 1. The second kappa shape index (κ2) is 7.86. The lowest BCUT2D eigenvalue weighted by molar-refractivity contribution is -0.137. The van der Waals surface area contributed by atoms with Gasteiger partial charge in [0.1, 0.15) is 0 Å². The minimum absolute atomic E-state index is 0.161. The van der Waals surface area contributed by atoms with Crippen LogP contribution in [0, 0.1) is 11.3 Å². The molecule has 24 heavy (non-hydrogen) atoms. The van der Waals surface area contributed by atoms with Crippen LogP contribution in [0.2, 0.25) is 0 Å². The molecule has 1 saturated heterocycles. The highest BCUT2D eigenvalue weighted by Crippen LogP contribution is 2.35. The average molecular weight is 341 g/mol. The molecule has 1 aromatic rings. The molecule has 0 spiro atoms. The van der Waals surface area contributed by atoms with Crippen molar-refractivity contribution in [1.82, 2.24) is 4.90 Å². The lowest BCUT2D eigenvalue weighted by atomic mass is 10.0. The van der Waals surface area contributed by atoms with Gasteiger partial charge in [-0.05, 0) is 44.5 Å². The summed E-state index contributed by atoms with van der Waals surface area (Å²) in [5, 5.41) is 17.8. The van der Waals surface area contributed by atoms with Crippen molar-refractivity contribution in [3.63, 3.8) is 0 Å².